The zero-order valence-corrected chi connectivity index (χ0v) is 19.0. The van der Waals surface area contributed by atoms with Gasteiger partial charge in [-0.25, -0.2) is 14.5 Å². The zero-order valence-electron chi connectivity index (χ0n) is 17.3. The number of benzene rings is 2. The van der Waals surface area contributed by atoms with Gasteiger partial charge in [0.1, 0.15) is 16.4 Å². The van der Waals surface area contributed by atoms with Crippen molar-refractivity contribution >= 4 is 39.0 Å². The van der Waals surface area contributed by atoms with Crippen molar-refractivity contribution < 1.29 is 0 Å². The minimum Gasteiger partial charge on any atom is -0.253 e. The lowest BCUT2D eigenvalue weighted by molar-refractivity contribution is 0.938. The van der Waals surface area contributed by atoms with Crippen LogP contribution in [-0.2, 0) is 0 Å². The van der Waals surface area contributed by atoms with E-state index in [-0.39, 0.29) is 0 Å². The molecule has 8 heteroatoms. The summed E-state index contributed by atoms with van der Waals surface area (Å²) in [5, 5.41) is 12.8. The largest absolute Gasteiger partial charge is 0.253 e. The monoisotopic (exact) mass is 444 g/mol. The van der Waals surface area contributed by atoms with Crippen LogP contribution in [0, 0.1) is 20.8 Å². The number of nitrogens with zero attached hydrogens (tertiary/aromatic N) is 5. The van der Waals surface area contributed by atoms with Gasteiger partial charge < -0.3 is 0 Å². The Balaban J connectivity index is 1.43. The number of thiazole rings is 1. The third-order valence-corrected chi connectivity index (χ3v) is 6.43. The SMILES string of the molecule is Cc1ccc(-c2csc(N/N=C/c3c(-c4ccc(C)cc4)nc4sc(C)nn34)n2)cc1. The third kappa shape index (κ3) is 3.99. The molecule has 0 spiro atoms. The molecule has 0 amide bonds. The molecule has 6 nitrogen and oxygen atoms in total. The molecule has 0 bridgehead atoms. The van der Waals surface area contributed by atoms with Gasteiger partial charge in [-0.2, -0.15) is 10.2 Å². The molecule has 0 aliphatic heterocycles. The van der Waals surface area contributed by atoms with Crippen LogP contribution in [0.25, 0.3) is 27.5 Å². The van der Waals surface area contributed by atoms with Gasteiger partial charge in [0.25, 0.3) is 0 Å². The molecule has 1 N–H and O–H groups in total. The first kappa shape index (κ1) is 19.6. The third-order valence-electron chi connectivity index (χ3n) is 4.86. The summed E-state index contributed by atoms with van der Waals surface area (Å²) < 4.78 is 1.85. The van der Waals surface area contributed by atoms with Crippen molar-refractivity contribution in [2.24, 2.45) is 5.10 Å². The number of anilines is 1. The van der Waals surface area contributed by atoms with Crippen LogP contribution in [0.4, 0.5) is 5.13 Å². The van der Waals surface area contributed by atoms with Crippen molar-refractivity contribution in [3.8, 4) is 22.5 Å². The molecule has 5 aromatic rings. The second kappa shape index (κ2) is 8.05. The van der Waals surface area contributed by atoms with Gasteiger partial charge in [0.05, 0.1) is 11.9 Å². The van der Waals surface area contributed by atoms with E-state index in [0.29, 0.717) is 0 Å². The highest BCUT2D eigenvalue weighted by Gasteiger charge is 2.16. The maximum atomic E-state index is 4.80. The summed E-state index contributed by atoms with van der Waals surface area (Å²) in [6.45, 7) is 6.13. The Bertz CT molecular complexity index is 1370. The van der Waals surface area contributed by atoms with Gasteiger partial charge in [0, 0.05) is 16.5 Å². The van der Waals surface area contributed by atoms with Gasteiger partial charge >= 0.3 is 0 Å². The number of nitrogens with one attached hydrogen (secondary N) is 1. The summed E-state index contributed by atoms with van der Waals surface area (Å²) in [4.78, 5) is 10.3. The van der Waals surface area contributed by atoms with E-state index in [9.17, 15) is 0 Å². The minimum atomic E-state index is 0.735. The molecule has 3 heterocycles. The number of imidazole rings is 1. The number of hydrogen-bond donors (Lipinski definition) is 1. The molecule has 0 aliphatic rings. The summed E-state index contributed by atoms with van der Waals surface area (Å²) in [5.74, 6) is 0. The molecule has 2 aromatic carbocycles. The molecule has 5 rings (SSSR count). The number of aromatic nitrogens is 4. The van der Waals surface area contributed by atoms with Gasteiger partial charge in [-0.3, -0.25) is 5.43 Å². The van der Waals surface area contributed by atoms with Crippen molar-refractivity contribution in [1.29, 1.82) is 0 Å². The molecule has 0 atom stereocenters. The van der Waals surface area contributed by atoms with E-state index < -0.39 is 0 Å². The van der Waals surface area contributed by atoms with E-state index >= 15 is 0 Å². The fourth-order valence-corrected chi connectivity index (χ4v) is 4.65. The van der Waals surface area contributed by atoms with E-state index in [2.05, 4.69) is 83.0 Å². The standard InChI is InChI=1S/C23H20N6S2/c1-14-4-8-17(9-5-14)19-13-30-22(25-19)27-24-12-20-21(18-10-6-15(2)7-11-18)26-23-29(20)28-16(3)31-23/h4-13H,1-3H3,(H,25,27)/b24-12+. The number of hydrogen-bond acceptors (Lipinski definition) is 7. The van der Waals surface area contributed by atoms with Gasteiger partial charge in [-0.15, -0.1) is 11.3 Å². The predicted octanol–water partition coefficient (Wildman–Crippen LogP) is 5.95. The average molecular weight is 445 g/mol. The lowest BCUT2D eigenvalue weighted by atomic mass is 10.1. The summed E-state index contributed by atoms with van der Waals surface area (Å²) >= 11 is 3.09. The fraction of sp³-hybridized carbons (Fsp3) is 0.130. The molecular formula is C23H20N6S2. The normalized spacial score (nSPS) is 11.6. The van der Waals surface area contributed by atoms with E-state index in [1.165, 1.54) is 22.5 Å². The molecule has 0 fully saturated rings. The Morgan fingerprint density at radius 2 is 1.58 bits per heavy atom. The highest BCUT2D eigenvalue weighted by Crippen LogP contribution is 2.27. The summed E-state index contributed by atoms with van der Waals surface area (Å²) in [7, 11) is 0. The smallest absolute Gasteiger partial charge is 0.213 e. The van der Waals surface area contributed by atoms with Gasteiger partial charge in [-0.05, 0) is 20.8 Å². The molecule has 0 saturated heterocycles. The van der Waals surface area contributed by atoms with Crippen LogP contribution in [-0.4, -0.2) is 25.8 Å². The van der Waals surface area contributed by atoms with Crippen molar-refractivity contribution in [3.63, 3.8) is 0 Å². The van der Waals surface area contributed by atoms with Crippen LogP contribution in [0.15, 0.2) is 59.0 Å². The van der Waals surface area contributed by atoms with E-state index in [4.69, 9.17) is 4.98 Å². The van der Waals surface area contributed by atoms with Gasteiger partial charge in [0.15, 0.2) is 0 Å². The second-order valence-electron chi connectivity index (χ2n) is 7.30. The number of rotatable bonds is 5. The van der Waals surface area contributed by atoms with Crippen LogP contribution >= 0.6 is 22.7 Å². The average Bonchev–Trinajstić information content (AvgIpc) is 3.45. The molecule has 0 saturated carbocycles. The zero-order chi connectivity index (χ0) is 21.4. The number of fused-ring (bicyclic) bond motifs is 1. The maximum Gasteiger partial charge on any atom is 0.213 e. The van der Waals surface area contributed by atoms with Crippen molar-refractivity contribution in [2.75, 3.05) is 5.43 Å². The van der Waals surface area contributed by atoms with E-state index in [1.54, 1.807) is 17.6 Å². The van der Waals surface area contributed by atoms with Crippen LogP contribution in [0.2, 0.25) is 0 Å². The molecule has 0 unspecified atom stereocenters. The number of hydrazone groups is 1. The Labute approximate surface area is 188 Å². The summed E-state index contributed by atoms with van der Waals surface area (Å²) in [6.07, 6.45) is 1.77. The first-order valence-corrected chi connectivity index (χ1v) is 11.5. The van der Waals surface area contributed by atoms with Crippen LogP contribution < -0.4 is 5.43 Å². The van der Waals surface area contributed by atoms with Crippen LogP contribution in [0.5, 0.6) is 0 Å². The summed E-state index contributed by atoms with van der Waals surface area (Å²) in [6, 6.07) is 16.7. The Hall–Kier alpha value is -3.36. The fourth-order valence-electron chi connectivity index (χ4n) is 3.23. The van der Waals surface area contributed by atoms with Gasteiger partial charge in [0.2, 0.25) is 10.1 Å². The first-order valence-electron chi connectivity index (χ1n) is 9.82. The quantitative estimate of drug-likeness (QED) is 0.269. The van der Waals surface area contributed by atoms with E-state index in [0.717, 1.165) is 43.3 Å². The maximum absolute atomic E-state index is 4.80. The summed E-state index contributed by atoms with van der Waals surface area (Å²) in [5.41, 5.74) is 10.3. The van der Waals surface area contributed by atoms with Gasteiger partial charge in [-0.1, -0.05) is 71.0 Å². The van der Waals surface area contributed by atoms with Crippen molar-refractivity contribution in [2.45, 2.75) is 20.8 Å². The molecule has 0 radical (unpaired) electrons. The lowest BCUT2D eigenvalue weighted by Gasteiger charge is -2.01. The molecule has 31 heavy (non-hydrogen) atoms. The Kier molecular flexibility index (Phi) is 5.09. The molecule has 3 aromatic heterocycles. The predicted molar refractivity (Wildman–Crippen MR) is 129 cm³/mol. The Morgan fingerprint density at radius 1 is 0.903 bits per heavy atom. The Morgan fingerprint density at radius 3 is 2.29 bits per heavy atom. The highest BCUT2D eigenvalue weighted by atomic mass is 32.1. The lowest BCUT2D eigenvalue weighted by Crippen LogP contribution is -1.97. The van der Waals surface area contributed by atoms with Crippen LogP contribution in [0.1, 0.15) is 21.8 Å². The molecule has 0 aliphatic carbocycles. The topological polar surface area (TPSA) is 67.5 Å². The second-order valence-corrected chi connectivity index (χ2v) is 9.32. The van der Waals surface area contributed by atoms with Crippen molar-refractivity contribution in [3.05, 3.63) is 75.7 Å². The van der Waals surface area contributed by atoms with Crippen molar-refractivity contribution in [1.82, 2.24) is 19.6 Å². The number of aryl methyl sites for hydroxylation is 3. The highest BCUT2D eigenvalue weighted by molar-refractivity contribution is 7.16. The first-order chi connectivity index (χ1) is 15.1. The van der Waals surface area contributed by atoms with E-state index in [1.807, 2.05) is 16.8 Å². The minimum absolute atomic E-state index is 0.735. The molecular weight excluding hydrogens is 424 g/mol. The van der Waals surface area contributed by atoms with Crippen LogP contribution in [0.3, 0.4) is 0 Å². The molecule has 154 valence electrons.